The summed E-state index contributed by atoms with van der Waals surface area (Å²) in [4.78, 5) is 0. The average Bonchev–Trinajstić information content (AvgIpc) is 2.70. The molecular weight excluding hydrogens is 255 g/mol. The molecule has 1 heterocycles. The molecule has 94 valence electrons. The third-order valence-electron chi connectivity index (χ3n) is 2.19. The first-order valence-corrected chi connectivity index (χ1v) is 5.62. The Morgan fingerprint density at radius 1 is 1.61 bits per heavy atom. The molecule has 18 heavy (non-hydrogen) atoms. The summed E-state index contributed by atoms with van der Waals surface area (Å²) in [6, 6.07) is 6.13. The molecule has 0 unspecified atom stereocenters. The van der Waals surface area contributed by atoms with Gasteiger partial charge < -0.3 is 0 Å². The van der Waals surface area contributed by atoms with Crippen molar-refractivity contribution < 1.29 is 9.82 Å². The fourth-order valence-corrected chi connectivity index (χ4v) is 1.61. The highest BCUT2D eigenvalue weighted by molar-refractivity contribution is 7.71. The standard InChI is InChI=1S/C10H11FN6S/c1-12-17-9(15-16-10(17)18)14-13-6-7-3-2-4-8(11)5-7/h2-6,12H,1H3,(H,14,15)(H,16,18)/p+1. The van der Waals surface area contributed by atoms with Crippen LogP contribution in [0.4, 0.5) is 10.3 Å². The molecule has 2 rings (SSSR count). The number of nitrogens with zero attached hydrogens (tertiary/aromatic N) is 3. The predicted molar refractivity (Wildman–Crippen MR) is 68.3 cm³/mol. The number of hydrazone groups is 1. The van der Waals surface area contributed by atoms with Crippen molar-refractivity contribution in [3.05, 3.63) is 40.4 Å². The van der Waals surface area contributed by atoms with Gasteiger partial charge in [0.25, 0.3) is 5.95 Å². The highest BCUT2D eigenvalue weighted by Crippen LogP contribution is 2.01. The maximum atomic E-state index is 12.9. The minimum absolute atomic E-state index is 0.302. The number of H-pyrrole nitrogens is 1. The van der Waals surface area contributed by atoms with Gasteiger partial charge in [0.05, 0.1) is 13.3 Å². The number of aromatic nitrogens is 3. The summed E-state index contributed by atoms with van der Waals surface area (Å²) >= 11 is 5.01. The van der Waals surface area contributed by atoms with E-state index in [4.69, 9.17) is 12.2 Å². The summed E-state index contributed by atoms with van der Waals surface area (Å²) in [6.45, 7) is 0. The van der Waals surface area contributed by atoms with Gasteiger partial charge in [-0.2, -0.15) is 5.10 Å². The summed E-state index contributed by atoms with van der Waals surface area (Å²) in [5.41, 5.74) is 5.13. The minimum atomic E-state index is -0.302. The summed E-state index contributed by atoms with van der Waals surface area (Å²) < 4.78 is 15.0. The molecule has 0 aliphatic carbocycles. The zero-order chi connectivity index (χ0) is 13.0. The molecule has 4 N–H and O–H groups in total. The van der Waals surface area contributed by atoms with Crippen LogP contribution in [0.25, 0.3) is 0 Å². The Bertz CT molecular complexity index is 617. The van der Waals surface area contributed by atoms with Crippen molar-refractivity contribution in [2.45, 2.75) is 0 Å². The van der Waals surface area contributed by atoms with Gasteiger partial charge in [0.1, 0.15) is 5.82 Å². The number of benzene rings is 1. The first kappa shape index (κ1) is 12.4. The molecule has 0 amide bonds. The average molecular weight is 267 g/mol. The number of quaternary nitrogens is 1. The van der Waals surface area contributed by atoms with Crippen molar-refractivity contribution >= 4 is 24.4 Å². The van der Waals surface area contributed by atoms with E-state index in [1.165, 1.54) is 18.3 Å². The lowest BCUT2D eigenvalue weighted by Gasteiger charge is -1.99. The quantitative estimate of drug-likeness (QED) is 0.326. The van der Waals surface area contributed by atoms with Crippen LogP contribution >= 0.6 is 12.2 Å². The number of nitrogens with two attached hydrogens (primary N) is 1. The van der Waals surface area contributed by atoms with E-state index < -0.39 is 0 Å². The molecule has 2 aromatic rings. The van der Waals surface area contributed by atoms with Crippen LogP contribution in [-0.4, -0.2) is 28.1 Å². The molecule has 0 fully saturated rings. The van der Waals surface area contributed by atoms with E-state index in [2.05, 4.69) is 20.7 Å². The number of halogens is 1. The monoisotopic (exact) mass is 267 g/mol. The van der Waals surface area contributed by atoms with Gasteiger partial charge in [0.2, 0.25) is 4.77 Å². The van der Waals surface area contributed by atoms with E-state index in [0.717, 1.165) is 0 Å². The minimum Gasteiger partial charge on any atom is -0.245 e. The number of anilines is 1. The highest BCUT2D eigenvalue weighted by atomic mass is 32.1. The van der Waals surface area contributed by atoms with Gasteiger partial charge >= 0.3 is 0 Å². The second-order valence-electron chi connectivity index (χ2n) is 3.41. The molecule has 0 spiro atoms. The molecule has 6 nitrogen and oxygen atoms in total. The normalized spacial score (nSPS) is 11.0. The van der Waals surface area contributed by atoms with Crippen molar-refractivity contribution in [1.29, 1.82) is 0 Å². The number of rotatable bonds is 4. The third-order valence-corrected chi connectivity index (χ3v) is 2.48. The number of hydrogen-bond acceptors (Lipinski definition) is 4. The Kier molecular flexibility index (Phi) is 3.80. The van der Waals surface area contributed by atoms with E-state index in [9.17, 15) is 4.39 Å². The number of aromatic amines is 1. The second-order valence-corrected chi connectivity index (χ2v) is 3.79. The van der Waals surface area contributed by atoms with Crippen LogP contribution < -0.4 is 10.9 Å². The second kappa shape index (κ2) is 5.52. The van der Waals surface area contributed by atoms with Gasteiger partial charge in [-0.1, -0.05) is 12.1 Å². The molecule has 8 heteroatoms. The van der Waals surface area contributed by atoms with E-state index in [-0.39, 0.29) is 5.82 Å². The van der Waals surface area contributed by atoms with Crippen LogP contribution in [0.1, 0.15) is 5.56 Å². The van der Waals surface area contributed by atoms with Crippen molar-refractivity contribution in [2.75, 3.05) is 12.5 Å². The molecule has 0 bridgehead atoms. The molecule has 1 aromatic heterocycles. The molecule has 0 saturated heterocycles. The zero-order valence-electron chi connectivity index (χ0n) is 9.59. The van der Waals surface area contributed by atoms with E-state index in [1.54, 1.807) is 22.2 Å². The molecule has 0 atom stereocenters. The fourth-order valence-electron chi connectivity index (χ4n) is 1.37. The van der Waals surface area contributed by atoms with Gasteiger partial charge in [0, 0.05) is 0 Å². The number of hydrogen-bond donors (Lipinski definition) is 3. The molecule has 0 aliphatic heterocycles. The summed E-state index contributed by atoms with van der Waals surface area (Å²) in [5.74, 6) is 0.165. The van der Waals surface area contributed by atoms with Crippen LogP contribution in [0.5, 0.6) is 0 Å². The van der Waals surface area contributed by atoms with Gasteiger partial charge in [-0.05, 0) is 29.9 Å². The van der Waals surface area contributed by atoms with Gasteiger partial charge in [0.15, 0.2) is 0 Å². The predicted octanol–water partition coefficient (Wildman–Crippen LogP) is 0.482. The lowest BCUT2D eigenvalue weighted by atomic mass is 10.2. The van der Waals surface area contributed by atoms with Gasteiger partial charge in [-0.3, -0.25) is 0 Å². The first-order valence-electron chi connectivity index (χ1n) is 5.21. The van der Waals surface area contributed by atoms with Crippen LogP contribution in [0.15, 0.2) is 29.4 Å². The molecule has 0 radical (unpaired) electrons. The maximum absolute atomic E-state index is 12.9. The Labute approximate surface area is 108 Å². The van der Waals surface area contributed by atoms with E-state index in [0.29, 0.717) is 16.3 Å². The number of nitrogens with one attached hydrogen (secondary N) is 2. The maximum Gasteiger partial charge on any atom is 0.291 e. The van der Waals surface area contributed by atoms with Crippen LogP contribution in [0.2, 0.25) is 0 Å². The summed E-state index contributed by atoms with van der Waals surface area (Å²) in [6.07, 6.45) is 1.50. The SMILES string of the molecule is C[NH2+]n1c(NN=Cc2cccc(F)c2)n[nH]c1=S. The third kappa shape index (κ3) is 2.79. The Morgan fingerprint density at radius 2 is 2.44 bits per heavy atom. The van der Waals surface area contributed by atoms with E-state index >= 15 is 0 Å². The fraction of sp³-hybridized carbons (Fsp3) is 0.100. The topological polar surface area (TPSA) is 74.6 Å². The van der Waals surface area contributed by atoms with Crippen molar-refractivity contribution in [3.63, 3.8) is 0 Å². The lowest BCUT2D eigenvalue weighted by molar-refractivity contribution is -0.683. The van der Waals surface area contributed by atoms with Gasteiger partial charge in [-0.15, -0.1) is 9.77 Å². The van der Waals surface area contributed by atoms with Gasteiger partial charge in [-0.25, -0.2) is 20.3 Å². The van der Waals surface area contributed by atoms with Crippen molar-refractivity contribution in [2.24, 2.45) is 5.10 Å². The van der Waals surface area contributed by atoms with Crippen molar-refractivity contribution in [1.82, 2.24) is 14.9 Å². The zero-order valence-corrected chi connectivity index (χ0v) is 10.4. The molecule has 0 aliphatic rings. The Balaban J connectivity index is 2.09. The highest BCUT2D eigenvalue weighted by Gasteiger charge is 2.04. The summed E-state index contributed by atoms with van der Waals surface area (Å²) in [5, 5.41) is 10.5. The molecular formula is C10H12FN6S+. The molecule has 1 aromatic carbocycles. The lowest BCUT2D eigenvalue weighted by Crippen LogP contribution is -2.83. The van der Waals surface area contributed by atoms with Crippen molar-refractivity contribution in [3.8, 4) is 0 Å². The smallest absolute Gasteiger partial charge is 0.245 e. The van der Waals surface area contributed by atoms with E-state index in [1.807, 2.05) is 7.05 Å². The Morgan fingerprint density at radius 3 is 3.17 bits per heavy atom. The molecule has 0 saturated carbocycles. The Hall–Kier alpha value is -2.06. The van der Waals surface area contributed by atoms with Crippen LogP contribution in [-0.2, 0) is 0 Å². The van der Waals surface area contributed by atoms with Crippen LogP contribution in [0, 0.1) is 10.6 Å². The van der Waals surface area contributed by atoms with Crippen LogP contribution in [0.3, 0.4) is 0 Å². The first-order chi connectivity index (χ1) is 8.70. The largest absolute Gasteiger partial charge is 0.291 e. The summed E-state index contributed by atoms with van der Waals surface area (Å²) in [7, 11) is 1.83.